The van der Waals surface area contributed by atoms with Crippen molar-refractivity contribution in [2.45, 2.75) is 0 Å². The Morgan fingerprint density at radius 1 is 1.29 bits per heavy atom. The summed E-state index contributed by atoms with van der Waals surface area (Å²) in [4.78, 5) is 13.8. The molecule has 114 valence electrons. The van der Waals surface area contributed by atoms with E-state index in [1.807, 2.05) is 0 Å². The monoisotopic (exact) mass is 293 g/mol. The van der Waals surface area contributed by atoms with Crippen LogP contribution in [0.15, 0.2) is 30.5 Å². The highest BCUT2D eigenvalue weighted by Crippen LogP contribution is 2.03. The highest BCUT2D eigenvalue weighted by molar-refractivity contribution is 5.75. The predicted molar refractivity (Wildman–Crippen MR) is 79.2 cm³/mol. The lowest BCUT2D eigenvalue weighted by molar-refractivity contribution is 0.0387. The molecule has 5 nitrogen and oxygen atoms in total. The molecule has 1 saturated heterocycles. The first kappa shape index (κ1) is 15.5. The van der Waals surface area contributed by atoms with E-state index in [1.165, 1.54) is 18.3 Å². The van der Waals surface area contributed by atoms with Gasteiger partial charge < -0.3 is 15.4 Å². The summed E-state index contributed by atoms with van der Waals surface area (Å²) >= 11 is 0. The minimum atomic E-state index is -0.277. The van der Waals surface area contributed by atoms with Gasteiger partial charge in [0.05, 0.1) is 13.2 Å². The lowest BCUT2D eigenvalue weighted by atomic mass is 10.2. The summed E-state index contributed by atoms with van der Waals surface area (Å²) in [5, 5.41) is 5.40. The first-order valence-electron chi connectivity index (χ1n) is 7.00. The molecule has 0 aliphatic carbocycles. The van der Waals surface area contributed by atoms with E-state index < -0.39 is 0 Å². The molecule has 0 unspecified atom stereocenters. The molecule has 1 aromatic carbocycles. The highest BCUT2D eigenvalue weighted by atomic mass is 19.1. The van der Waals surface area contributed by atoms with Crippen LogP contribution in [-0.2, 0) is 4.74 Å². The summed E-state index contributed by atoms with van der Waals surface area (Å²) in [6.45, 7) is 4.75. The van der Waals surface area contributed by atoms with Gasteiger partial charge in [0.15, 0.2) is 0 Å². The quantitative estimate of drug-likeness (QED) is 0.863. The van der Waals surface area contributed by atoms with Gasteiger partial charge in [0.2, 0.25) is 0 Å². The van der Waals surface area contributed by atoms with Crippen LogP contribution >= 0.6 is 0 Å². The molecule has 1 aromatic rings. The smallest absolute Gasteiger partial charge is 0.318 e. The molecule has 0 bridgehead atoms. The van der Waals surface area contributed by atoms with Crippen molar-refractivity contribution in [3.63, 3.8) is 0 Å². The van der Waals surface area contributed by atoms with Crippen molar-refractivity contribution in [1.82, 2.24) is 15.5 Å². The number of morpholine rings is 1. The minimum Gasteiger partial charge on any atom is -0.379 e. The Bertz CT molecular complexity index is 470. The number of hydrogen-bond donors (Lipinski definition) is 2. The number of benzene rings is 1. The maximum atomic E-state index is 12.7. The van der Waals surface area contributed by atoms with Gasteiger partial charge in [-0.15, -0.1) is 0 Å². The maximum Gasteiger partial charge on any atom is 0.318 e. The van der Waals surface area contributed by atoms with Crippen molar-refractivity contribution < 1.29 is 13.9 Å². The van der Waals surface area contributed by atoms with Crippen molar-refractivity contribution in [2.75, 3.05) is 39.4 Å². The van der Waals surface area contributed by atoms with Crippen LogP contribution in [0, 0.1) is 5.82 Å². The first-order valence-corrected chi connectivity index (χ1v) is 7.00. The standard InChI is InChI=1S/C15H20FN3O2/c16-14-3-1-13(2-4-14)5-6-17-15(20)18-7-8-19-9-11-21-12-10-19/h1-6H,7-12H2,(H2,17,18,20)/b6-5+. The molecule has 1 fully saturated rings. The maximum absolute atomic E-state index is 12.7. The van der Waals surface area contributed by atoms with Crippen molar-refractivity contribution in [1.29, 1.82) is 0 Å². The van der Waals surface area contributed by atoms with Crippen LogP contribution in [0.3, 0.4) is 0 Å². The van der Waals surface area contributed by atoms with Gasteiger partial charge in [0.25, 0.3) is 0 Å². The Morgan fingerprint density at radius 2 is 2.00 bits per heavy atom. The molecule has 1 aliphatic heterocycles. The van der Waals surface area contributed by atoms with Crippen molar-refractivity contribution in [2.24, 2.45) is 0 Å². The summed E-state index contributed by atoms with van der Waals surface area (Å²) in [7, 11) is 0. The molecule has 0 aromatic heterocycles. The van der Waals surface area contributed by atoms with E-state index in [9.17, 15) is 9.18 Å². The number of nitrogens with one attached hydrogen (secondary N) is 2. The van der Waals surface area contributed by atoms with Gasteiger partial charge in [0.1, 0.15) is 5.82 Å². The van der Waals surface area contributed by atoms with E-state index in [-0.39, 0.29) is 11.8 Å². The summed E-state index contributed by atoms with van der Waals surface area (Å²) in [6.07, 6.45) is 3.25. The molecule has 2 rings (SSSR count). The van der Waals surface area contributed by atoms with Crippen LogP contribution in [-0.4, -0.2) is 50.3 Å². The minimum absolute atomic E-state index is 0.248. The summed E-state index contributed by atoms with van der Waals surface area (Å²) in [5.41, 5.74) is 0.824. The topological polar surface area (TPSA) is 53.6 Å². The van der Waals surface area contributed by atoms with Crippen LogP contribution in [0.1, 0.15) is 5.56 Å². The number of nitrogens with zero attached hydrogens (tertiary/aromatic N) is 1. The van der Waals surface area contributed by atoms with Gasteiger partial charge in [-0.25, -0.2) is 9.18 Å². The molecule has 6 heteroatoms. The lowest BCUT2D eigenvalue weighted by Crippen LogP contribution is -2.42. The van der Waals surface area contributed by atoms with Gasteiger partial charge in [-0.2, -0.15) is 0 Å². The fourth-order valence-electron chi connectivity index (χ4n) is 1.99. The van der Waals surface area contributed by atoms with Crippen LogP contribution in [0.2, 0.25) is 0 Å². The third-order valence-corrected chi connectivity index (χ3v) is 3.18. The highest BCUT2D eigenvalue weighted by Gasteiger charge is 2.09. The van der Waals surface area contributed by atoms with Crippen LogP contribution in [0.4, 0.5) is 9.18 Å². The van der Waals surface area contributed by atoms with E-state index in [1.54, 1.807) is 18.2 Å². The zero-order chi connectivity index (χ0) is 14.9. The fourth-order valence-corrected chi connectivity index (χ4v) is 1.99. The second-order valence-corrected chi connectivity index (χ2v) is 4.74. The summed E-state index contributed by atoms with van der Waals surface area (Å²) in [5.74, 6) is -0.277. The Hall–Kier alpha value is -1.92. The molecule has 0 saturated carbocycles. The molecule has 1 aliphatic rings. The number of halogens is 1. The number of urea groups is 1. The van der Waals surface area contributed by atoms with E-state index in [4.69, 9.17) is 4.74 Å². The first-order chi connectivity index (χ1) is 10.2. The second kappa shape index (κ2) is 8.39. The predicted octanol–water partition coefficient (Wildman–Crippen LogP) is 1.43. The van der Waals surface area contributed by atoms with Gasteiger partial charge in [0, 0.05) is 32.4 Å². The van der Waals surface area contributed by atoms with Crippen molar-refractivity contribution in [3.05, 3.63) is 41.8 Å². The third kappa shape index (κ3) is 5.93. The average molecular weight is 293 g/mol. The molecule has 1 heterocycles. The molecular formula is C15H20FN3O2. The van der Waals surface area contributed by atoms with Gasteiger partial charge in [-0.1, -0.05) is 12.1 Å². The fraction of sp³-hybridized carbons (Fsp3) is 0.400. The number of ether oxygens (including phenoxy) is 1. The van der Waals surface area contributed by atoms with Crippen LogP contribution in [0.25, 0.3) is 6.08 Å². The van der Waals surface area contributed by atoms with Gasteiger partial charge >= 0.3 is 6.03 Å². The van der Waals surface area contributed by atoms with E-state index in [0.717, 1.165) is 38.4 Å². The molecule has 2 N–H and O–H groups in total. The Labute approximate surface area is 123 Å². The molecule has 2 amide bonds. The summed E-state index contributed by atoms with van der Waals surface area (Å²) < 4.78 is 18.0. The second-order valence-electron chi connectivity index (χ2n) is 4.74. The molecule has 0 atom stereocenters. The van der Waals surface area contributed by atoms with Crippen molar-refractivity contribution in [3.8, 4) is 0 Å². The number of carbonyl (C=O) groups excluding carboxylic acids is 1. The van der Waals surface area contributed by atoms with Crippen LogP contribution < -0.4 is 10.6 Å². The van der Waals surface area contributed by atoms with Gasteiger partial charge in [-0.05, 0) is 23.8 Å². The van der Waals surface area contributed by atoms with E-state index >= 15 is 0 Å². The number of hydrogen-bond acceptors (Lipinski definition) is 3. The van der Waals surface area contributed by atoms with Crippen molar-refractivity contribution >= 4 is 12.1 Å². The summed E-state index contributed by atoms with van der Waals surface area (Å²) in [6, 6.07) is 5.79. The Morgan fingerprint density at radius 3 is 2.71 bits per heavy atom. The Kier molecular flexibility index (Phi) is 6.18. The SMILES string of the molecule is O=C(N/C=C/c1ccc(F)cc1)NCCN1CCOCC1. The molecule has 0 radical (unpaired) electrons. The average Bonchev–Trinajstić information content (AvgIpc) is 2.50. The van der Waals surface area contributed by atoms with E-state index in [0.29, 0.717) is 6.54 Å². The number of carbonyl (C=O) groups is 1. The molecular weight excluding hydrogens is 273 g/mol. The lowest BCUT2D eigenvalue weighted by Gasteiger charge is -2.26. The number of rotatable bonds is 5. The van der Waals surface area contributed by atoms with Crippen LogP contribution in [0.5, 0.6) is 0 Å². The third-order valence-electron chi connectivity index (χ3n) is 3.18. The molecule has 21 heavy (non-hydrogen) atoms. The number of amides is 2. The Balaban J connectivity index is 1.61. The largest absolute Gasteiger partial charge is 0.379 e. The zero-order valence-corrected chi connectivity index (χ0v) is 11.8. The molecule has 0 spiro atoms. The normalized spacial score (nSPS) is 16.0. The van der Waals surface area contributed by atoms with Gasteiger partial charge in [-0.3, -0.25) is 4.90 Å². The van der Waals surface area contributed by atoms with E-state index in [2.05, 4.69) is 15.5 Å². The zero-order valence-electron chi connectivity index (χ0n) is 11.8.